The van der Waals surface area contributed by atoms with Gasteiger partial charge in [0.2, 0.25) is 10.0 Å². The Balaban J connectivity index is 2.07. The number of anilines is 2. The lowest BCUT2D eigenvalue weighted by molar-refractivity contribution is 0.102. The van der Waals surface area contributed by atoms with Gasteiger partial charge < -0.3 is 10.2 Å². The zero-order valence-electron chi connectivity index (χ0n) is 16.9. The molecular formula is C21H29N3O3S. The molecule has 28 heavy (non-hydrogen) atoms. The molecule has 2 aromatic carbocycles. The Morgan fingerprint density at radius 2 is 1.54 bits per heavy atom. The molecule has 0 heterocycles. The number of hydrogen-bond acceptors (Lipinski definition) is 4. The summed E-state index contributed by atoms with van der Waals surface area (Å²) >= 11 is 0. The highest BCUT2D eigenvalue weighted by Gasteiger charge is 2.17. The molecule has 0 bridgehead atoms. The van der Waals surface area contributed by atoms with Crippen LogP contribution in [0.5, 0.6) is 0 Å². The van der Waals surface area contributed by atoms with Crippen molar-refractivity contribution in [3.05, 3.63) is 54.1 Å². The van der Waals surface area contributed by atoms with E-state index in [9.17, 15) is 13.2 Å². The molecule has 2 N–H and O–H groups in total. The molecule has 0 saturated carbocycles. The second-order valence-electron chi connectivity index (χ2n) is 6.63. The fourth-order valence-electron chi connectivity index (χ4n) is 2.75. The summed E-state index contributed by atoms with van der Waals surface area (Å²) in [5.41, 5.74) is 2.19. The summed E-state index contributed by atoms with van der Waals surface area (Å²) in [6.07, 6.45) is 0.701. The Bertz CT molecular complexity index is 874. The SMILES string of the molecule is CCC(C)NS(=O)(=O)c1ccc(C(=O)Nc2ccc(N(CC)CC)cc2)cc1. The lowest BCUT2D eigenvalue weighted by Crippen LogP contribution is -2.32. The van der Waals surface area contributed by atoms with E-state index >= 15 is 0 Å². The summed E-state index contributed by atoms with van der Waals surface area (Å²) in [6.45, 7) is 9.76. The highest BCUT2D eigenvalue weighted by Crippen LogP contribution is 2.19. The van der Waals surface area contributed by atoms with E-state index < -0.39 is 10.0 Å². The van der Waals surface area contributed by atoms with Crippen LogP contribution in [-0.2, 0) is 10.0 Å². The molecule has 2 rings (SSSR count). The molecule has 1 amide bonds. The van der Waals surface area contributed by atoms with Crippen molar-refractivity contribution in [2.24, 2.45) is 0 Å². The number of nitrogens with zero attached hydrogens (tertiary/aromatic N) is 1. The average Bonchev–Trinajstić information content (AvgIpc) is 2.69. The maximum absolute atomic E-state index is 12.4. The number of hydrogen-bond donors (Lipinski definition) is 2. The smallest absolute Gasteiger partial charge is 0.255 e. The minimum atomic E-state index is -3.58. The zero-order valence-corrected chi connectivity index (χ0v) is 17.7. The molecule has 6 nitrogen and oxygen atoms in total. The van der Waals surface area contributed by atoms with Crippen molar-refractivity contribution in [3.63, 3.8) is 0 Å². The van der Waals surface area contributed by atoms with Gasteiger partial charge in [-0.15, -0.1) is 0 Å². The molecule has 0 aliphatic heterocycles. The van der Waals surface area contributed by atoms with Crippen molar-refractivity contribution >= 4 is 27.3 Å². The summed E-state index contributed by atoms with van der Waals surface area (Å²) in [6, 6.07) is 13.5. The number of benzene rings is 2. The monoisotopic (exact) mass is 403 g/mol. The summed E-state index contributed by atoms with van der Waals surface area (Å²) in [5, 5.41) is 2.84. The quantitative estimate of drug-likeness (QED) is 0.666. The van der Waals surface area contributed by atoms with Gasteiger partial charge in [0.15, 0.2) is 0 Å². The maximum atomic E-state index is 12.4. The van der Waals surface area contributed by atoms with Gasteiger partial charge in [-0.3, -0.25) is 4.79 Å². The lowest BCUT2D eigenvalue weighted by atomic mass is 10.2. The molecule has 152 valence electrons. The van der Waals surface area contributed by atoms with E-state index in [1.165, 1.54) is 24.3 Å². The molecule has 7 heteroatoms. The van der Waals surface area contributed by atoms with Gasteiger partial charge in [-0.05, 0) is 75.7 Å². The normalized spacial score (nSPS) is 12.4. The van der Waals surface area contributed by atoms with Gasteiger partial charge in [-0.2, -0.15) is 0 Å². The van der Waals surface area contributed by atoms with E-state index in [1.54, 1.807) is 0 Å². The summed E-state index contributed by atoms with van der Waals surface area (Å²) in [7, 11) is -3.58. The fourth-order valence-corrected chi connectivity index (χ4v) is 4.08. The number of carbonyl (C=O) groups excluding carboxylic acids is 1. The maximum Gasteiger partial charge on any atom is 0.255 e. The molecule has 0 saturated heterocycles. The van der Waals surface area contributed by atoms with E-state index in [2.05, 4.69) is 28.8 Å². The molecule has 0 spiro atoms. The van der Waals surface area contributed by atoms with Crippen LogP contribution in [0, 0.1) is 0 Å². The Labute approximate surface area is 168 Å². The van der Waals surface area contributed by atoms with Crippen LogP contribution in [0.2, 0.25) is 0 Å². The molecule has 1 atom stereocenters. The van der Waals surface area contributed by atoms with Crippen molar-refractivity contribution in [2.75, 3.05) is 23.3 Å². The van der Waals surface area contributed by atoms with Crippen LogP contribution in [0.25, 0.3) is 0 Å². The number of rotatable bonds is 9. The fraction of sp³-hybridized carbons (Fsp3) is 0.381. The standard InChI is InChI=1S/C21H29N3O3S/c1-5-16(4)23-28(26,27)20-14-8-17(9-15-20)21(25)22-18-10-12-19(13-11-18)24(6-2)7-3/h8-16,23H,5-7H2,1-4H3,(H,22,25). The first-order chi connectivity index (χ1) is 13.3. The molecule has 0 aliphatic carbocycles. The summed E-state index contributed by atoms with van der Waals surface area (Å²) in [5.74, 6) is -0.283. The molecule has 0 fully saturated rings. The van der Waals surface area contributed by atoms with Gasteiger partial charge in [-0.1, -0.05) is 6.92 Å². The first-order valence-corrected chi connectivity index (χ1v) is 11.1. The Hall–Kier alpha value is -2.38. The molecule has 0 radical (unpaired) electrons. The Kier molecular flexibility index (Phi) is 7.60. The van der Waals surface area contributed by atoms with Crippen molar-refractivity contribution < 1.29 is 13.2 Å². The zero-order chi connectivity index (χ0) is 20.7. The van der Waals surface area contributed by atoms with E-state index in [0.717, 1.165) is 18.8 Å². The van der Waals surface area contributed by atoms with Crippen LogP contribution >= 0.6 is 0 Å². The van der Waals surface area contributed by atoms with Crippen molar-refractivity contribution in [2.45, 2.75) is 45.1 Å². The first-order valence-electron chi connectivity index (χ1n) is 9.59. The third kappa shape index (κ3) is 5.56. The lowest BCUT2D eigenvalue weighted by Gasteiger charge is -2.21. The number of carbonyl (C=O) groups is 1. The van der Waals surface area contributed by atoms with Crippen LogP contribution in [0.3, 0.4) is 0 Å². The third-order valence-electron chi connectivity index (χ3n) is 4.65. The van der Waals surface area contributed by atoms with Crippen LogP contribution in [0.4, 0.5) is 11.4 Å². The van der Waals surface area contributed by atoms with E-state index in [4.69, 9.17) is 0 Å². The minimum Gasteiger partial charge on any atom is -0.372 e. The third-order valence-corrected chi connectivity index (χ3v) is 6.25. The molecule has 0 aromatic heterocycles. The first kappa shape index (κ1) is 21.9. The Morgan fingerprint density at radius 3 is 2.04 bits per heavy atom. The van der Waals surface area contributed by atoms with Crippen molar-refractivity contribution in [1.29, 1.82) is 0 Å². The molecule has 1 unspecified atom stereocenters. The van der Waals surface area contributed by atoms with Crippen LogP contribution < -0.4 is 14.9 Å². The number of nitrogens with one attached hydrogen (secondary N) is 2. The van der Waals surface area contributed by atoms with E-state index in [-0.39, 0.29) is 16.8 Å². The van der Waals surface area contributed by atoms with Gasteiger partial charge in [0.1, 0.15) is 0 Å². The van der Waals surface area contributed by atoms with Crippen molar-refractivity contribution in [1.82, 2.24) is 4.72 Å². The Morgan fingerprint density at radius 1 is 0.964 bits per heavy atom. The van der Waals surface area contributed by atoms with Crippen molar-refractivity contribution in [3.8, 4) is 0 Å². The largest absolute Gasteiger partial charge is 0.372 e. The van der Waals surface area contributed by atoms with E-state index in [0.29, 0.717) is 17.7 Å². The topological polar surface area (TPSA) is 78.5 Å². The minimum absolute atomic E-state index is 0.146. The number of sulfonamides is 1. The van der Waals surface area contributed by atoms with Gasteiger partial charge in [0.05, 0.1) is 4.90 Å². The molecule has 2 aromatic rings. The highest BCUT2D eigenvalue weighted by atomic mass is 32.2. The highest BCUT2D eigenvalue weighted by molar-refractivity contribution is 7.89. The van der Waals surface area contributed by atoms with Gasteiger partial charge >= 0.3 is 0 Å². The van der Waals surface area contributed by atoms with Gasteiger partial charge in [0, 0.05) is 36.1 Å². The second kappa shape index (κ2) is 9.71. The molecule has 0 aliphatic rings. The van der Waals surface area contributed by atoms with Crippen LogP contribution in [0.15, 0.2) is 53.4 Å². The van der Waals surface area contributed by atoms with Crippen LogP contribution in [-0.4, -0.2) is 33.5 Å². The van der Waals surface area contributed by atoms with Gasteiger partial charge in [0.25, 0.3) is 5.91 Å². The summed E-state index contributed by atoms with van der Waals surface area (Å²) < 4.78 is 27.2. The predicted octanol–water partition coefficient (Wildman–Crippen LogP) is 3.86. The van der Waals surface area contributed by atoms with Crippen LogP contribution in [0.1, 0.15) is 44.5 Å². The van der Waals surface area contributed by atoms with E-state index in [1.807, 2.05) is 38.1 Å². The number of amides is 1. The predicted molar refractivity (Wildman–Crippen MR) is 114 cm³/mol. The van der Waals surface area contributed by atoms with Gasteiger partial charge in [-0.25, -0.2) is 13.1 Å². The molecular weight excluding hydrogens is 374 g/mol. The average molecular weight is 404 g/mol. The second-order valence-corrected chi connectivity index (χ2v) is 8.34. The summed E-state index contributed by atoms with van der Waals surface area (Å²) in [4.78, 5) is 14.8.